The van der Waals surface area contributed by atoms with E-state index in [4.69, 9.17) is 22.4 Å². The Kier molecular flexibility index (Phi) is 6.44. The van der Waals surface area contributed by atoms with E-state index >= 15 is 0 Å². The molecule has 3 aromatic rings. The third kappa shape index (κ3) is 4.60. The average Bonchev–Trinajstić information content (AvgIpc) is 3.40. The Morgan fingerprint density at radius 3 is 2.73 bits per heavy atom. The molecule has 3 atom stereocenters. The van der Waals surface area contributed by atoms with Crippen LogP contribution in [0.3, 0.4) is 0 Å². The van der Waals surface area contributed by atoms with Gasteiger partial charge in [0.15, 0.2) is 5.84 Å². The monoisotopic (exact) mass is 492 g/mol. The van der Waals surface area contributed by atoms with Gasteiger partial charge in [0.25, 0.3) is 0 Å². The number of H-pyrrole nitrogens is 1. The van der Waals surface area contributed by atoms with E-state index in [1.807, 2.05) is 0 Å². The smallest absolute Gasteiger partial charge is 0.240 e. The van der Waals surface area contributed by atoms with Gasteiger partial charge in [0, 0.05) is 48.7 Å². The third-order valence-corrected chi connectivity index (χ3v) is 7.65. The molecule has 0 radical (unpaired) electrons. The van der Waals surface area contributed by atoms with Crippen molar-refractivity contribution >= 4 is 37.9 Å². The number of hydrazine groups is 1. The van der Waals surface area contributed by atoms with Crippen LogP contribution in [0.25, 0.3) is 22.2 Å². The van der Waals surface area contributed by atoms with E-state index in [1.165, 1.54) is 6.07 Å². The normalized spacial score (nSPS) is 20.3. The zero-order valence-corrected chi connectivity index (χ0v) is 18.9. The first-order chi connectivity index (χ1) is 15.7. The second kappa shape index (κ2) is 9.14. The van der Waals surface area contributed by atoms with E-state index in [2.05, 4.69) is 30.6 Å². The molecular weight excluding hydrogens is 468 g/mol. The molecule has 33 heavy (non-hydrogen) atoms. The SMILES string of the molecule is NN/N=C(\N)c1c(-c2cnc3cc[nH]c3c2)ccc(S(=O)NC2CNCC2N)c1S(N)(=O)=O. The molecule has 176 valence electrons. The van der Waals surface area contributed by atoms with Crippen molar-refractivity contribution in [1.29, 1.82) is 0 Å². The predicted octanol–water partition coefficient (Wildman–Crippen LogP) is -2.13. The highest BCUT2D eigenvalue weighted by Crippen LogP contribution is 2.33. The van der Waals surface area contributed by atoms with Crippen molar-refractivity contribution in [2.45, 2.75) is 21.9 Å². The second-order valence-electron chi connectivity index (χ2n) is 7.44. The summed E-state index contributed by atoms with van der Waals surface area (Å²) < 4.78 is 41.5. The van der Waals surface area contributed by atoms with Crippen LogP contribution < -0.4 is 38.0 Å². The lowest BCUT2D eigenvalue weighted by atomic mass is 10.00. The molecule has 0 amide bonds. The van der Waals surface area contributed by atoms with Crippen molar-refractivity contribution in [3.05, 3.63) is 42.2 Å². The van der Waals surface area contributed by atoms with Crippen LogP contribution in [0.15, 0.2) is 51.6 Å². The van der Waals surface area contributed by atoms with Gasteiger partial charge in [0.1, 0.15) is 15.9 Å². The van der Waals surface area contributed by atoms with Crippen molar-refractivity contribution in [3.8, 4) is 11.1 Å². The molecule has 0 spiro atoms. The summed E-state index contributed by atoms with van der Waals surface area (Å²) in [6.07, 6.45) is 3.29. The summed E-state index contributed by atoms with van der Waals surface area (Å²) in [4.78, 5) is 6.89. The number of aromatic amines is 1. The first kappa shape index (κ1) is 23.2. The number of nitrogens with one attached hydrogen (secondary N) is 4. The number of hydrogen-bond acceptors (Lipinski definition) is 9. The molecule has 15 heteroatoms. The number of sulfonamides is 1. The molecule has 12 N–H and O–H groups in total. The van der Waals surface area contributed by atoms with Crippen LogP contribution in [0.2, 0.25) is 0 Å². The van der Waals surface area contributed by atoms with Crippen molar-refractivity contribution in [2.75, 3.05) is 13.1 Å². The lowest BCUT2D eigenvalue weighted by Crippen LogP contribution is -2.45. The Labute approximate surface area is 192 Å². The summed E-state index contributed by atoms with van der Waals surface area (Å²) >= 11 is 0. The number of amidine groups is 1. The van der Waals surface area contributed by atoms with E-state index in [-0.39, 0.29) is 28.4 Å². The highest BCUT2D eigenvalue weighted by Gasteiger charge is 2.31. The topological polar surface area (TPSA) is 232 Å². The Morgan fingerprint density at radius 1 is 1.27 bits per heavy atom. The van der Waals surface area contributed by atoms with Gasteiger partial charge >= 0.3 is 0 Å². The highest BCUT2D eigenvalue weighted by atomic mass is 32.2. The molecular formula is C18H24N10O3S2. The first-order valence-electron chi connectivity index (χ1n) is 9.77. The largest absolute Gasteiger partial charge is 0.382 e. The Morgan fingerprint density at radius 2 is 2.06 bits per heavy atom. The number of hydrazone groups is 1. The van der Waals surface area contributed by atoms with Crippen LogP contribution in [0.5, 0.6) is 0 Å². The molecule has 0 aliphatic carbocycles. The summed E-state index contributed by atoms with van der Waals surface area (Å²) in [7, 11) is -6.40. The number of aromatic nitrogens is 2. The van der Waals surface area contributed by atoms with Gasteiger partial charge in [-0.25, -0.2) is 33.9 Å². The number of nitrogens with two attached hydrogens (primary N) is 4. The number of rotatable bonds is 7. The van der Waals surface area contributed by atoms with Crippen molar-refractivity contribution in [1.82, 2.24) is 25.5 Å². The molecule has 1 aliphatic heterocycles. The number of nitrogens with zero attached hydrogens (tertiary/aromatic N) is 2. The Balaban J connectivity index is 1.93. The summed E-state index contributed by atoms with van der Waals surface area (Å²) in [5.74, 6) is 5.03. The van der Waals surface area contributed by atoms with Gasteiger partial charge in [-0.3, -0.25) is 4.98 Å². The van der Waals surface area contributed by atoms with Gasteiger partial charge in [-0.05, 0) is 23.8 Å². The summed E-state index contributed by atoms with van der Waals surface area (Å²) in [6, 6.07) is 5.93. The molecule has 0 saturated carbocycles. The number of benzene rings is 1. The van der Waals surface area contributed by atoms with Crippen LogP contribution in [-0.2, 0) is 21.0 Å². The number of fused-ring (bicyclic) bond motifs is 1. The fourth-order valence-electron chi connectivity index (χ4n) is 3.72. The van der Waals surface area contributed by atoms with E-state index < -0.39 is 25.9 Å². The Hall–Kier alpha value is -2.92. The van der Waals surface area contributed by atoms with Crippen LogP contribution >= 0.6 is 0 Å². The maximum absolute atomic E-state index is 13.2. The highest BCUT2D eigenvalue weighted by molar-refractivity contribution is 7.90. The standard InChI is InChI=1S/C18H24N10O3S2/c19-11-7-23-8-14(11)27-32(29)15-2-1-10(9-5-13-12(25-6-9)3-4-24-13)16(18(20)26-28-21)17(15)33(22,30)31/h1-6,11,14,23-24,27-28H,7-8,19,21H2,(H2,20,26)(H2,22,30,31). The van der Waals surface area contributed by atoms with Crippen molar-refractivity contribution in [3.63, 3.8) is 0 Å². The molecule has 4 rings (SSSR count). The lowest BCUT2D eigenvalue weighted by Gasteiger charge is -2.20. The van der Waals surface area contributed by atoms with Crippen molar-refractivity contribution in [2.24, 2.45) is 27.6 Å². The Bertz CT molecular complexity index is 1350. The van der Waals surface area contributed by atoms with Gasteiger partial charge < -0.3 is 21.8 Å². The number of hydrogen-bond donors (Lipinski definition) is 8. The van der Waals surface area contributed by atoms with E-state index in [1.54, 1.807) is 30.6 Å². The maximum Gasteiger partial charge on any atom is 0.240 e. The minimum absolute atomic E-state index is 0.0512. The number of primary sulfonamides is 1. The van der Waals surface area contributed by atoms with E-state index in [0.717, 1.165) is 11.0 Å². The fourth-order valence-corrected chi connectivity index (χ4v) is 6.27. The minimum atomic E-state index is -4.42. The molecule has 1 aliphatic rings. The first-order valence-corrected chi connectivity index (χ1v) is 12.5. The minimum Gasteiger partial charge on any atom is -0.382 e. The molecule has 0 bridgehead atoms. The molecule has 3 unspecified atom stereocenters. The fraction of sp³-hybridized carbons (Fsp3) is 0.222. The molecule has 1 saturated heterocycles. The quantitative estimate of drug-likeness (QED) is 0.0777. The summed E-state index contributed by atoms with van der Waals surface area (Å²) in [5.41, 5.74) is 16.4. The van der Waals surface area contributed by atoms with Crippen LogP contribution in [-0.4, -0.2) is 53.6 Å². The predicted molar refractivity (Wildman–Crippen MR) is 125 cm³/mol. The van der Waals surface area contributed by atoms with Gasteiger partial charge in [-0.15, -0.1) is 5.10 Å². The molecule has 3 heterocycles. The van der Waals surface area contributed by atoms with Crippen LogP contribution in [0.4, 0.5) is 0 Å². The molecule has 2 aromatic heterocycles. The van der Waals surface area contributed by atoms with Crippen LogP contribution in [0.1, 0.15) is 5.56 Å². The summed E-state index contributed by atoms with van der Waals surface area (Å²) in [6.45, 7) is 1.02. The molecule has 1 aromatic carbocycles. The second-order valence-corrected chi connectivity index (χ2v) is 10.1. The zero-order valence-electron chi connectivity index (χ0n) is 17.3. The zero-order chi connectivity index (χ0) is 23.8. The van der Waals surface area contributed by atoms with E-state index in [9.17, 15) is 12.6 Å². The molecule has 13 nitrogen and oxygen atoms in total. The van der Waals surface area contributed by atoms with Gasteiger partial charge in [0.05, 0.1) is 15.9 Å². The lowest BCUT2D eigenvalue weighted by molar-refractivity contribution is 0.581. The average molecular weight is 493 g/mol. The third-order valence-electron chi connectivity index (χ3n) is 5.28. The number of pyridine rings is 1. The summed E-state index contributed by atoms with van der Waals surface area (Å²) in [5, 5.41) is 12.4. The maximum atomic E-state index is 13.2. The van der Waals surface area contributed by atoms with Crippen LogP contribution in [0, 0.1) is 0 Å². The molecule has 1 fully saturated rings. The van der Waals surface area contributed by atoms with E-state index in [0.29, 0.717) is 24.2 Å². The van der Waals surface area contributed by atoms with Gasteiger partial charge in [-0.2, -0.15) is 0 Å². The van der Waals surface area contributed by atoms with Crippen molar-refractivity contribution < 1.29 is 12.6 Å². The van der Waals surface area contributed by atoms with Gasteiger partial charge in [-0.1, -0.05) is 6.07 Å². The van der Waals surface area contributed by atoms with Gasteiger partial charge in [0.2, 0.25) is 10.0 Å².